The monoisotopic (exact) mass is 352 g/mol. The second kappa shape index (κ2) is 5.69. The quantitative estimate of drug-likeness (QED) is 0.465. The number of hydrogen-bond donors (Lipinski definition) is 2. The maximum absolute atomic E-state index is 13.2. The zero-order valence-electron chi connectivity index (χ0n) is 13.9. The second-order valence-corrected chi connectivity index (χ2v) is 6.59. The minimum absolute atomic E-state index is 0.149. The maximum Gasteiger partial charge on any atom is 0.303 e. The smallest absolute Gasteiger partial charge is 0.303 e. The van der Waals surface area contributed by atoms with Crippen molar-refractivity contribution in [2.24, 2.45) is 11.8 Å². The Morgan fingerprint density at radius 3 is 2.19 bits per heavy atom. The average Bonchev–Trinajstić information content (AvgIpc) is 2.62. The molecule has 2 aromatic rings. The number of hydrogen-bond acceptors (Lipinski definition) is 6. The molecule has 0 saturated carbocycles. The largest absolute Gasteiger partial charge is 0.507 e. The fourth-order valence-electron chi connectivity index (χ4n) is 3.99. The molecule has 0 spiro atoms. The molecule has 2 aromatic carbocycles. The Labute approximate surface area is 148 Å². The topological polar surface area (TPSA) is 101 Å². The first-order valence-corrected chi connectivity index (χ1v) is 8.30. The third kappa shape index (κ3) is 2.15. The Balaban J connectivity index is 1.97. The van der Waals surface area contributed by atoms with Crippen molar-refractivity contribution in [3.05, 3.63) is 47.5 Å². The summed E-state index contributed by atoms with van der Waals surface area (Å²) in [5, 5.41) is 21.9. The summed E-state index contributed by atoms with van der Waals surface area (Å²) < 4.78 is 5.21. The lowest BCUT2D eigenvalue weighted by Crippen LogP contribution is -2.45. The molecule has 0 radical (unpaired) electrons. The minimum Gasteiger partial charge on any atom is -0.507 e. The molecule has 0 aliphatic heterocycles. The number of ketones is 2. The zero-order valence-corrected chi connectivity index (χ0v) is 13.9. The highest BCUT2D eigenvalue weighted by atomic mass is 16.5. The second-order valence-electron chi connectivity index (χ2n) is 6.59. The van der Waals surface area contributed by atoms with Crippen LogP contribution in [0.15, 0.2) is 36.4 Å². The van der Waals surface area contributed by atoms with Crippen LogP contribution in [-0.4, -0.2) is 33.9 Å². The van der Waals surface area contributed by atoms with E-state index in [1.54, 1.807) is 36.4 Å². The van der Waals surface area contributed by atoms with Gasteiger partial charge in [0.25, 0.3) is 0 Å². The number of fused-ring (bicyclic) bond motifs is 3. The molecule has 0 amide bonds. The van der Waals surface area contributed by atoms with Gasteiger partial charge in [-0.3, -0.25) is 14.4 Å². The molecule has 0 saturated heterocycles. The van der Waals surface area contributed by atoms with Gasteiger partial charge in [0.2, 0.25) is 0 Å². The third-order valence-corrected chi connectivity index (χ3v) is 5.10. The molecule has 4 rings (SSSR count). The molecule has 6 heteroatoms. The van der Waals surface area contributed by atoms with E-state index in [4.69, 9.17) is 4.74 Å². The van der Waals surface area contributed by atoms with E-state index >= 15 is 0 Å². The van der Waals surface area contributed by atoms with E-state index in [1.165, 1.54) is 6.92 Å². The summed E-state index contributed by atoms with van der Waals surface area (Å²) in [6.45, 7) is 1.23. The lowest BCUT2D eigenvalue weighted by molar-refractivity contribution is -0.146. The van der Waals surface area contributed by atoms with Crippen molar-refractivity contribution in [2.75, 3.05) is 0 Å². The molecule has 26 heavy (non-hydrogen) atoms. The number of phenols is 2. The number of Topliss-reactive ketones (excluding diaryl/α,β-unsaturated/α-hetero) is 2. The Kier molecular flexibility index (Phi) is 3.57. The number of allylic oxidation sites excluding steroid dienone is 1. The first-order chi connectivity index (χ1) is 12.4. The van der Waals surface area contributed by atoms with Gasteiger partial charge in [-0.15, -0.1) is 0 Å². The molecule has 6 nitrogen and oxygen atoms in total. The van der Waals surface area contributed by atoms with Gasteiger partial charge in [-0.2, -0.15) is 0 Å². The van der Waals surface area contributed by atoms with Crippen molar-refractivity contribution in [1.29, 1.82) is 0 Å². The molecule has 0 bridgehead atoms. The molecule has 2 aliphatic rings. The van der Waals surface area contributed by atoms with Crippen LogP contribution in [0, 0.1) is 11.8 Å². The molecule has 0 fully saturated rings. The minimum atomic E-state index is -0.907. The van der Waals surface area contributed by atoms with Crippen LogP contribution >= 0.6 is 0 Å². The number of esters is 1. The van der Waals surface area contributed by atoms with Crippen molar-refractivity contribution in [2.45, 2.75) is 19.4 Å². The fraction of sp³-hybridized carbons (Fsp3) is 0.250. The van der Waals surface area contributed by atoms with Crippen LogP contribution in [0.4, 0.5) is 0 Å². The highest BCUT2D eigenvalue weighted by molar-refractivity contribution is 6.23. The van der Waals surface area contributed by atoms with Gasteiger partial charge in [0.15, 0.2) is 11.6 Å². The van der Waals surface area contributed by atoms with Crippen LogP contribution in [0.1, 0.15) is 34.1 Å². The van der Waals surface area contributed by atoms with Crippen LogP contribution in [0.25, 0.3) is 10.8 Å². The van der Waals surface area contributed by atoms with Gasteiger partial charge in [0, 0.05) is 23.6 Å². The number of rotatable bonds is 1. The summed E-state index contributed by atoms with van der Waals surface area (Å²) >= 11 is 0. The first kappa shape index (κ1) is 16.3. The van der Waals surface area contributed by atoms with Crippen molar-refractivity contribution in [3.8, 4) is 11.5 Å². The maximum atomic E-state index is 13.2. The Morgan fingerprint density at radius 1 is 1.04 bits per heavy atom. The summed E-state index contributed by atoms with van der Waals surface area (Å²) in [6, 6.07) is 6.48. The predicted octanol–water partition coefficient (Wildman–Crippen LogP) is 2.75. The SMILES string of the molecule is CC(=O)OC1C=CCC2C(=O)c3c(c(O)c4ccccc4c3O)C(=O)C12. The highest BCUT2D eigenvalue weighted by Crippen LogP contribution is 2.48. The number of benzene rings is 2. The van der Waals surface area contributed by atoms with Crippen LogP contribution in [-0.2, 0) is 9.53 Å². The normalized spacial score (nSPS) is 24.3. The number of aromatic hydroxyl groups is 2. The fourth-order valence-corrected chi connectivity index (χ4v) is 3.99. The number of ether oxygens (including phenoxy) is 1. The van der Waals surface area contributed by atoms with Gasteiger partial charge >= 0.3 is 5.97 Å². The lowest BCUT2D eigenvalue weighted by Gasteiger charge is -2.36. The number of carbonyl (C=O) groups excluding carboxylic acids is 3. The van der Waals surface area contributed by atoms with Crippen molar-refractivity contribution in [1.82, 2.24) is 0 Å². The molecule has 0 aromatic heterocycles. The average molecular weight is 352 g/mol. The Morgan fingerprint density at radius 2 is 1.62 bits per heavy atom. The van der Waals surface area contributed by atoms with Gasteiger partial charge in [-0.25, -0.2) is 0 Å². The molecular formula is C20H16O6. The number of phenolic OH excluding ortho intramolecular Hbond substituents is 2. The van der Waals surface area contributed by atoms with Gasteiger partial charge < -0.3 is 14.9 Å². The number of carbonyl (C=O) groups is 3. The van der Waals surface area contributed by atoms with E-state index in [0.717, 1.165) is 0 Å². The van der Waals surface area contributed by atoms with E-state index in [0.29, 0.717) is 17.2 Å². The Bertz CT molecular complexity index is 1000. The summed E-state index contributed by atoms with van der Waals surface area (Å²) in [5.74, 6) is -3.77. The zero-order chi connectivity index (χ0) is 18.6. The van der Waals surface area contributed by atoms with Crippen molar-refractivity contribution < 1.29 is 29.3 Å². The Hall–Kier alpha value is -3.15. The standard InChI is InChI=1S/C20H16O6/c1-9(21)26-13-8-4-7-12-14(13)20(25)16-15(19(12)24)17(22)10-5-2-3-6-11(10)18(16)23/h2-6,8,12-14,22-23H,7H2,1H3. The summed E-state index contributed by atoms with van der Waals surface area (Å²) in [4.78, 5) is 37.6. The summed E-state index contributed by atoms with van der Waals surface area (Å²) in [6.07, 6.45) is 2.72. The van der Waals surface area contributed by atoms with Gasteiger partial charge in [0.05, 0.1) is 17.0 Å². The van der Waals surface area contributed by atoms with Crippen molar-refractivity contribution >= 4 is 28.3 Å². The first-order valence-electron chi connectivity index (χ1n) is 8.30. The van der Waals surface area contributed by atoms with Gasteiger partial charge in [0.1, 0.15) is 17.6 Å². The third-order valence-electron chi connectivity index (χ3n) is 5.10. The molecular weight excluding hydrogens is 336 g/mol. The lowest BCUT2D eigenvalue weighted by atomic mass is 9.67. The molecule has 3 unspecified atom stereocenters. The molecule has 132 valence electrons. The van der Waals surface area contributed by atoms with Crippen LogP contribution in [0.5, 0.6) is 11.5 Å². The molecule has 3 atom stereocenters. The van der Waals surface area contributed by atoms with Crippen LogP contribution in [0.3, 0.4) is 0 Å². The van der Waals surface area contributed by atoms with E-state index in [-0.39, 0.29) is 22.6 Å². The van der Waals surface area contributed by atoms with Gasteiger partial charge in [-0.1, -0.05) is 30.3 Å². The van der Waals surface area contributed by atoms with E-state index < -0.39 is 35.5 Å². The van der Waals surface area contributed by atoms with E-state index in [9.17, 15) is 24.6 Å². The van der Waals surface area contributed by atoms with Crippen molar-refractivity contribution in [3.63, 3.8) is 0 Å². The van der Waals surface area contributed by atoms with Crippen LogP contribution < -0.4 is 0 Å². The molecule has 0 heterocycles. The predicted molar refractivity (Wildman–Crippen MR) is 92.2 cm³/mol. The summed E-state index contributed by atoms with van der Waals surface area (Å²) in [5.41, 5.74) is -0.343. The highest BCUT2D eigenvalue weighted by Gasteiger charge is 2.49. The molecule has 2 N–H and O–H groups in total. The van der Waals surface area contributed by atoms with Gasteiger partial charge in [-0.05, 0) is 12.5 Å². The summed E-state index contributed by atoms with van der Waals surface area (Å²) in [7, 11) is 0. The van der Waals surface area contributed by atoms with E-state index in [2.05, 4.69) is 0 Å². The van der Waals surface area contributed by atoms with Crippen LogP contribution in [0.2, 0.25) is 0 Å². The molecule has 2 aliphatic carbocycles. The van der Waals surface area contributed by atoms with E-state index in [1.807, 2.05) is 0 Å².